The average molecular weight is 279 g/mol. The summed E-state index contributed by atoms with van der Waals surface area (Å²) < 4.78 is 0. The Kier molecular flexibility index (Phi) is 3.29. The van der Waals surface area contributed by atoms with Gasteiger partial charge in [0.25, 0.3) is 6.29 Å². The second kappa shape index (κ2) is 5.13. The largest absolute Gasteiger partial charge is 0.319 e. The molecule has 2 heterocycles. The van der Waals surface area contributed by atoms with Gasteiger partial charge in [0, 0.05) is 6.20 Å². The number of allylic oxidation sites excluding steroid dienone is 2. The van der Waals surface area contributed by atoms with Gasteiger partial charge in [-0.25, -0.2) is 0 Å². The molecule has 0 aromatic heterocycles. The average Bonchev–Trinajstić information content (AvgIpc) is 2.85. The van der Waals surface area contributed by atoms with Crippen LogP contribution in [0.25, 0.3) is 0 Å². The fourth-order valence-electron chi connectivity index (χ4n) is 2.67. The summed E-state index contributed by atoms with van der Waals surface area (Å²) in [5, 5.41) is 0. The molecule has 0 N–H and O–H groups in total. The lowest BCUT2D eigenvalue weighted by Crippen LogP contribution is -2.40. The van der Waals surface area contributed by atoms with E-state index in [2.05, 4.69) is 4.99 Å². The SMILES string of the molecule is CC1=CN2C(=NC(c3ccc(C)cc3)C2C(=O)[C]=O)C=C1. The number of hydrogen-bond donors (Lipinski definition) is 0. The maximum absolute atomic E-state index is 12.0. The number of aliphatic imine (C=N–C) groups is 1. The fraction of sp³-hybridized carbons (Fsp3) is 0.235. The number of ketones is 1. The lowest BCUT2D eigenvalue weighted by atomic mass is 9.96. The minimum absolute atomic E-state index is 0.374. The normalized spacial score (nSPS) is 23.4. The Morgan fingerprint density at radius 2 is 1.90 bits per heavy atom. The molecule has 2 atom stereocenters. The number of rotatable bonds is 3. The second-order valence-electron chi connectivity index (χ2n) is 5.37. The topological polar surface area (TPSA) is 49.7 Å². The number of Topliss-reactive ketones (excluding diaryl/α,β-unsaturated/α-hetero) is 1. The van der Waals surface area contributed by atoms with E-state index in [1.807, 2.05) is 56.5 Å². The third-order valence-electron chi connectivity index (χ3n) is 3.76. The molecule has 1 aromatic rings. The standard InChI is InChI=1S/C17H15N2O2/c1-11-3-6-13(7-4-11)16-17(14(21)10-20)19-9-12(2)5-8-15(19)18-16/h3-9,16-17H,1-2H3. The van der Waals surface area contributed by atoms with E-state index in [1.54, 1.807) is 4.90 Å². The molecule has 0 fully saturated rings. The Hall–Kier alpha value is -2.49. The third kappa shape index (κ3) is 2.33. The van der Waals surface area contributed by atoms with Gasteiger partial charge in [-0.1, -0.05) is 35.9 Å². The molecule has 1 aromatic carbocycles. The lowest BCUT2D eigenvalue weighted by Gasteiger charge is -2.26. The molecule has 4 nitrogen and oxygen atoms in total. The number of hydrogen-bond acceptors (Lipinski definition) is 4. The zero-order chi connectivity index (χ0) is 15.0. The van der Waals surface area contributed by atoms with Crippen LogP contribution in [-0.2, 0) is 9.59 Å². The smallest absolute Gasteiger partial charge is 0.274 e. The van der Waals surface area contributed by atoms with Gasteiger partial charge in [-0.15, -0.1) is 0 Å². The minimum atomic E-state index is -0.639. The highest BCUT2D eigenvalue weighted by Crippen LogP contribution is 2.34. The summed E-state index contributed by atoms with van der Waals surface area (Å²) in [6, 6.07) is 6.86. The van der Waals surface area contributed by atoms with E-state index in [-0.39, 0.29) is 6.04 Å². The monoisotopic (exact) mass is 279 g/mol. The first-order valence-corrected chi connectivity index (χ1v) is 6.81. The number of benzene rings is 1. The molecule has 3 rings (SSSR count). The van der Waals surface area contributed by atoms with Crippen LogP contribution in [0.4, 0.5) is 0 Å². The molecule has 0 amide bonds. The number of fused-ring (bicyclic) bond motifs is 1. The molecule has 0 bridgehead atoms. The molecule has 0 saturated carbocycles. The molecule has 2 aliphatic rings. The lowest BCUT2D eigenvalue weighted by molar-refractivity contribution is -0.116. The maximum atomic E-state index is 12.0. The minimum Gasteiger partial charge on any atom is -0.319 e. The van der Waals surface area contributed by atoms with Crippen molar-refractivity contribution in [3.8, 4) is 0 Å². The maximum Gasteiger partial charge on any atom is 0.274 e. The van der Waals surface area contributed by atoms with E-state index >= 15 is 0 Å². The summed E-state index contributed by atoms with van der Waals surface area (Å²) in [6.07, 6.45) is 7.18. The highest BCUT2D eigenvalue weighted by Gasteiger charge is 2.41. The van der Waals surface area contributed by atoms with Crippen LogP contribution < -0.4 is 0 Å². The summed E-state index contributed by atoms with van der Waals surface area (Å²) in [6.45, 7) is 3.95. The van der Waals surface area contributed by atoms with Gasteiger partial charge < -0.3 is 4.90 Å². The molecular formula is C17H15N2O2. The second-order valence-corrected chi connectivity index (χ2v) is 5.37. The number of aryl methyl sites for hydroxylation is 1. The molecule has 105 valence electrons. The molecule has 2 unspecified atom stereocenters. The van der Waals surface area contributed by atoms with Crippen LogP contribution in [0.2, 0.25) is 0 Å². The van der Waals surface area contributed by atoms with Crippen LogP contribution in [0.3, 0.4) is 0 Å². The quantitative estimate of drug-likeness (QED) is 0.797. The van der Waals surface area contributed by atoms with Crippen LogP contribution in [-0.4, -0.2) is 28.8 Å². The summed E-state index contributed by atoms with van der Waals surface area (Å²) in [7, 11) is 0. The molecule has 0 aliphatic carbocycles. The zero-order valence-corrected chi connectivity index (χ0v) is 11.9. The first-order chi connectivity index (χ1) is 10.1. The highest BCUT2D eigenvalue weighted by molar-refractivity contribution is 6.29. The van der Waals surface area contributed by atoms with Crippen molar-refractivity contribution in [1.82, 2.24) is 4.90 Å². The number of carbonyl (C=O) groups excluding carboxylic acids is 2. The Morgan fingerprint density at radius 1 is 1.19 bits per heavy atom. The van der Waals surface area contributed by atoms with Crippen LogP contribution in [0.5, 0.6) is 0 Å². The number of carbonyl (C=O) groups is 1. The summed E-state index contributed by atoms with van der Waals surface area (Å²) in [4.78, 5) is 29.3. The van der Waals surface area contributed by atoms with Gasteiger partial charge in [-0.05, 0) is 31.1 Å². The Bertz CT molecular complexity index is 683. The number of amidine groups is 1. The van der Waals surface area contributed by atoms with Crippen molar-refractivity contribution in [2.45, 2.75) is 25.9 Å². The first kappa shape index (κ1) is 13.5. The van der Waals surface area contributed by atoms with E-state index in [0.29, 0.717) is 5.84 Å². The van der Waals surface area contributed by atoms with Gasteiger partial charge >= 0.3 is 0 Å². The predicted molar refractivity (Wildman–Crippen MR) is 80.6 cm³/mol. The van der Waals surface area contributed by atoms with Crippen molar-refractivity contribution in [3.05, 3.63) is 59.3 Å². The van der Waals surface area contributed by atoms with Crippen LogP contribution >= 0.6 is 0 Å². The van der Waals surface area contributed by atoms with Gasteiger partial charge in [0.2, 0.25) is 5.78 Å². The third-order valence-corrected chi connectivity index (χ3v) is 3.76. The van der Waals surface area contributed by atoms with Crippen molar-refractivity contribution < 1.29 is 9.59 Å². The molecule has 1 radical (unpaired) electrons. The van der Waals surface area contributed by atoms with Crippen LogP contribution in [0, 0.1) is 6.92 Å². The Labute approximate surface area is 123 Å². The van der Waals surface area contributed by atoms with Gasteiger partial charge in [-0.3, -0.25) is 14.6 Å². The van der Waals surface area contributed by atoms with Gasteiger partial charge in [0.1, 0.15) is 17.9 Å². The molecule has 0 saturated heterocycles. The van der Waals surface area contributed by atoms with E-state index in [1.165, 1.54) is 6.29 Å². The van der Waals surface area contributed by atoms with Crippen molar-refractivity contribution in [2.75, 3.05) is 0 Å². The molecule has 21 heavy (non-hydrogen) atoms. The van der Waals surface area contributed by atoms with Crippen LogP contribution in [0.15, 0.2) is 53.2 Å². The number of nitrogens with zero attached hydrogens (tertiary/aromatic N) is 2. The van der Waals surface area contributed by atoms with Crippen molar-refractivity contribution in [3.63, 3.8) is 0 Å². The summed E-state index contributed by atoms with van der Waals surface area (Å²) in [5.41, 5.74) is 3.08. The Morgan fingerprint density at radius 3 is 2.57 bits per heavy atom. The molecule has 4 heteroatoms. The first-order valence-electron chi connectivity index (χ1n) is 6.81. The van der Waals surface area contributed by atoms with Gasteiger partial charge in [0.05, 0.1) is 0 Å². The summed E-state index contributed by atoms with van der Waals surface area (Å²) in [5.74, 6) is 0.137. The highest BCUT2D eigenvalue weighted by atomic mass is 16.2. The summed E-state index contributed by atoms with van der Waals surface area (Å²) >= 11 is 0. The predicted octanol–water partition coefficient (Wildman–Crippen LogP) is 2.27. The Balaban J connectivity index is 2.04. The van der Waals surface area contributed by atoms with E-state index < -0.39 is 11.8 Å². The molecular weight excluding hydrogens is 264 g/mol. The van der Waals surface area contributed by atoms with Crippen molar-refractivity contribution in [1.29, 1.82) is 0 Å². The molecule has 2 aliphatic heterocycles. The van der Waals surface area contributed by atoms with E-state index in [0.717, 1.165) is 16.7 Å². The van der Waals surface area contributed by atoms with Crippen molar-refractivity contribution in [2.24, 2.45) is 4.99 Å². The van der Waals surface area contributed by atoms with Crippen LogP contribution in [0.1, 0.15) is 24.1 Å². The van der Waals surface area contributed by atoms with Gasteiger partial charge in [0.15, 0.2) is 0 Å². The molecule has 0 spiro atoms. The fourth-order valence-corrected chi connectivity index (χ4v) is 2.67. The van der Waals surface area contributed by atoms with Crippen molar-refractivity contribution >= 4 is 17.9 Å². The van der Waals surface area contributed by atoms with E-state index in [4.69, 9.17) is 0 Å². The van der Waals surface area contributed by atoms with Gasteiger partial charge in [-0.2, -0.15) is 0 Å². The zero-order valence-electron chi connectivity index (χ0n) is 11.9. The van der Waals surface area contributed by atoms with E-state index in [9.17, 15) is 9.59 Å².